The zero-order valence-corrected chi connectivity index (χ0v) is 26.0. The van der Waals surface area contributed by atoms with E-state index >= 15 is 0 Å². The number of thiazole rings is 1. The second kappa shape index (κ2) is 12.1. The first-order valence-corrected chi connectivity index (χ1v) is 15.0. The highest BCUT2D eigenvalue weighted by Crippen LogP contribution is 2.36. The highest BCUT2D eigenvalue weighted by atomic mass is 32.1. The van der Waals surface area contributed by atoms with Crippen molar-refractivity contribution in [1.29, 1.82) is 0 Å². The van der Waals surface area contributed by atoms with E-state index in [1.54, 1.807) is 51.2 Å². The Bertz CT molecular complexity index is 1600. The number of methoxy groups -OCH3 is 1. The molecule has 1 saturated heterocycles. The number of ether oxygens (including phenoxy) is 2. The van der Waals surface area contributed by atoms with Gasteiger partial charge in [0.25, 0.3) is 11.8 Å². The molecule has 4 heterocycles. The fourth-order valence-electron chi connectivity index (χ4n) is 5.06. The maximum absolute atomic E-state index is 13.8. The van der Waals surface area contributed by atoms with E-state index in [1.165, 1.54) is 7.11 Å². The van der Waals surface area contributed by atoms with Gasteiger partial charge in [-0.15, -0.1) is 21.5 Å². The lowest BCUT2D eigenvalue weighted by Crippen LogP contribution is -2.47. The molecule has 4 aromatic rings. The van der Waals surface area contributed by atoms with Crippen molar-refractivity contribution in [2.75, 3.05) is 13.7 Å². The number of likely N-dealkylation sites (tertiary alicyclic amines) is 1. The molecule has 0 bridgehead atoms. The van der Waals surface area contributed by atoms with Gasteiger partial charge in [0.2, 0.25) is 11.8 Å². The van der Waals surface area contributed by atoms with Crippen molar-refractivity contribution in [3.8, 4) is 17.5 Å². The Balaban J connectivity index is 1.46. The van der Waals surface area contributed by atoms with Crippen LogP contribution in [0.2, 0.25) is 0 Å². The van der Waals surface area contributed by atoms with E-state index in [1.807, 2.05) is 47.5 Å². The molecule has 11 nitrogen and oxygen atoms in total. The average Bonchev–Trinajstić information content (AvgIpc) is 3.72. The van der Waals surface area contributed by atoms with Crippen LogP contribution in [0.5, 0.6) is 5.88 Å². The number of carbonyl (C=O) groups is 2. The van der Waals surface area contributed by atoms with E-state index < -0.39 is 17.2 Å². The standard InChI is InChI=1S/C31H36N6O5S/c1-19-18-43-26(32-19)23-13-10-14-37(23)27(38)21-15-22(33-24(16-21)40-6)25-35-36-28(41-25)31(5,17-20-11-8-7-9-12-20)34-29(39)42-30(2,3)4/h7-9,11-12,15-16,18,23H,10,13-14,17H2,1-6H3,(H,34,39). The van der Waals surface area contributed by atoms with Gasteiger partial charge in [0, 0.05) is 35.7 Å². The number of hydrogen-bond donors (Lipinski definition) is 1. The third kappa shape index (κ3) is 7.02. The Morgan fingerprint density at radius 3 is 2.56 bits per heavy atom. The number of aromatic nitrogens is 4. The molecule has 5 rings (SSSR count). The molecular weight excluding hydrogens is 568 g/mol. The molecule has 43 heavy (non-hydrogen) atoms. The Morgan fingerprint density at radius 2 is 1.88 bits per heavy atom. The maximum atomic E-state index is 13.8. The number of rotatable bonds is 8. The van der Waals surface area contributed by atoms with Gasteiger partial charge in [0.15, 0.2) is 0 Å². The molecule has 0 spiro atoms. The van der Waals surface area contributed by atoms with Crippen LogP contribution in [0.15, 0.2) is 52.3 Å². The second-order valence-corrected chi connectivity index (χ2v) is 12.7. The number of hydrogen-bond acceptors (Lipinski definition) is 10. The topological polar surface area (TPSA) is 133 Å². The van der Waals surface area contributed by atoms with E-state index in [0.29, 0.717) is 18.5 Å². The molecule has 1 N–H and O–H groups in total. The molecule has 1 aliphatic heterocycles. The predicted octanol–water partition coefficient (Wildman–Crippen LogP) is 5.87. The van der Waals surface area contributed by atoms with Crippen molar-refractivity contribution < 1.29 is 23.5 Å². The summed E-state index contributed by atoms with van der Waals surface area (Å²) in [6.07, 6.45) is 1.48. The first kappa shape index (κ1) is 30.1. The predicted molar refractivity (Wildman–Crippen MR) is 161 cm³/mol. The lowest BCUT2D eigenvalue weighted by molar-refractivity contribution is 0.0443. The summed E-state index contributed by atoms with van der Waals surface area (Å²) in [6, 6.07) is 12.8. The fourth-order valence-corrected chi connectivity index (χ4v) is 6.00. The molecule has 0 radical (unpaired) electrons. The fraction of sp³-hybridized carbons (Fsp3) is 0.419. The third-order valence-electron chi connectivity index (χ3n) is 6.99. The summed E-state index contributed by atoms with van der Waals surface area (Å²) < 4.78 is 17.1. The van der Waals surface area contributed by atoms with Crippen LogP contribution in [0, 0.1) is 6.92 Å². The molecule has 2 amide bonds. The van der Waals surface area contributed by atoms with Crippen LogP contribution >= 0.6 is 11.3 Å². The first-order valence-electron chi connectivity index (χ1n) is 14.1. The number of benzene rings is 1. The second-order valence-electron chi connectivity index (χ2n) is 11.8. The van der Waals surface area contributed by atoms with Gasteiger partial charge in [-0.1, -0.05) is 30.3 Å². The van der Waals surface area contributed by atoms with Crippen LogP contribution in [0.1, 0.15) is 79.1 Å². The van der Waals surface area contributed by atoms with Crippen molar-refractivity contribution in [2.24, 2.45) is 0 Å². The van der Waals surface area contributed by atoms with Crippen molar-refractivity contribution in [1.82, 2.24) is 30.4 Å². The highest BCUT2D eigenvalue weighted by Gasteiger charge is 2.37. The lowest BCUT2D eigenvalue weighted by atomic mass is 9.92. The molecule has 1 aromatic carbocycles. The van der Waals surface area contributed by atoms with E-state index in [9.17, 15) is 9.59 Å². The van der Waals surface area contributed by atoms with Crippen LogP contribution in [0.3, 0.4) is 0 Å². The smallest absolute Gasteiger partial charge is 0.408 e. The molecule has 226 valence electrons. The minimum absolute atomic E-state index is 0.0820. The normalized spacial score (nSPS) is 16.5. The van der Waals surface area contributed by atoms with Gasteiger partial charge in [-0.25, -0.2) is 14.8 Å². The number of nitrogens with zero attached hydrogens (tertiary/aromatic N) is 5. The van der Waals surface area contributed by atoms with Crippen molar-refractivity contribution in [2.45, 2.75) is 71.1 Å². The minimum atomic E-state index is -1.11. The third-order valence-corrected chi connectivity index (χ3v) is 8.05. The van der Waals surface area contributed by atoms with Crippen molar-refractivity contribution in [3.63, 3.8) is 0 Å². The lowest BCUT2D eigenvalue weighted by Gasteiger charge is -2.29. The minimum Gasteiger partial charge on any atom is -0.481 e. The van der Waals surface area contributed by atoms with Gasteiger partial charge in [0.1, 0.15) is 21.8 Å². The first-order chi connectivity index (χ1) is 20.4. The van der Waals surface area contributed by atoms with Crippen LogP contribution < -0.4 is 10.1 Å². The number of amides is 2. The molecule has 0 aliphatic carbocycles. The van der Waals surface area contributed by atoms with Gasteiger partial charge in [-0.05, 0) is 59.1 Å². The maximum Gasteiger partial charge on any atom is 0.408 e. The van der Waals surface area contributed by atoms with E-state index in [-0.39, 0.29) is 35.3 Å². The SMILES string of the molecule is COc1cc(C(=O)N2CCCC2c2nc(C)cs2)cc(-c2nnc(C(C)(Cc3ccccc3)NC(=O)OC(C)(C)C)o2)n1. The average molecular weight is 605 g/mol. The summed E-state index contributed by atoms with van der Waals surface area (Å²) in [7, 11) is 1.48. The zero-order valence-electron chi connectivity index (χ0n) is 25.2. The molecule has 1 aliphatic rings. The molecule has 2 unspecified atom stereocenters. The summed E-state index contributed by atoms with van der Waals surface area (Å²) in [4.78, 5) is 37.6. The summed E-state index contributed by atoms with van der Waals surface area (Å²) >= 11 is 1.57. The van der Waals surface area contributed by atoms with Crippen LogP contribution in [-0.2, 0) is 16.7 Å². The Morgan fingerprint density at radius 1 is 1.12 bits per heavy atom. The number of pyridine rings is 1. The molecule has 1 fully saturated rings. The highest BCUT2D eigenvalue weighted by molar-refractivity contribution is 7.09. The quantitative estimate of drug-likeness (QED) is 0.262. The van der Waals surface area contributed by atoms with E-state index in [4.69, 9.17) is 13.9 Å². The van der Waals surface area contributed by atoms with Crippen LogP contribution in [-0.4, -0.2) is 56.3 Å². The summed E-state index contributed by atoms with van der Waals surface area (Å²) in [5, 5.41) is 14.4. The van der Waals surface area contributed by atoms with Gasteiger partial charge < -0.3 is 24.1 Å². The molecule has 0 saturated carbocycles. The summed E-state index contributed by atoms with van der Waals surface area (Å²) in [5.41, 5.74) is 0.754. The van der Waals surface area contributed by atoms with Crippen LogP contribution in [0.4, 0.5) is 4.79 Å². The zero-order chi connectivity index (χ0) is 30.8. The van der Waals surface area contributed by atoms with Crippen molar-refractivity contribution >= 4 is 23.3 Å². The van der Waals surface area contributed by atoms with Gasteiger partial charge in [-0.3, -0.25) is 4.79 Å². The Hall–Kier alpha value is -4.32. The number of alkyl carbamates (subject to hydrolysis) is 1. The summed E-state index contributed by atoms with van der Waals surface area (Å²) in [6.45, 7) is 9.75. The molecule has 2 atom stereocenters. The number of nitrogens with one attached hydrogen (secondary N) is 1. The monoisotopic (exact) mass is 604 g/mol. The number of carbonyl (C=O) groups excluding carboxylic acids is 2. The van der Waals surface area contributed by atoms with E-state index in [2.05, 4.69) is 25.5 Å². The Labute approximate surface area is 254 Å². The molecular formula is C31H36N6O5S. The van der Waals surface area contributed by atoms with Gasteiger partial charge >= 0.3 is 6.09 Å². The van der Waals surface area contributed by atoms with Crippen molar-refractivity contribution in [3.05, 3.63) is 75.6 Å². The van der Waals surface area contributed by atoms with E-state index in [0.717, 1.165) is 29.1 Å². The largest absolute Gasteiger partial charge is 0.481 e. The molecule has 3 aromatic heterocycles. The van der Waals surface area contributed by atoms with Gasteiger partial charge in [0.05, 0.1) is 13.2 Å². The Kier molecular flexibility index (Phi) is 8.50. The molecule has 12 heteroatoms. The number of aryl methyl sites for hydroxylation is 1. The van der Waals surface area contributed by atoms with Gasteiger partial charge in [-0.2, -0.15) is 0 Å². The van der Waals surface area contributed by atoms with Crippen LogP contribution in [0.25, 0.3) is 11.6 Å². The summed E-state index contributed by atoms with van der Waals surface area (Å²) in [5.74, 6) is 0.327.